The zero-order valence-electron chi connectivity index (χ0n) is 7.85. The lowest BCUT2D eigenvalue weighted by atomic mass is 9.94. The molecule has 0 saturated carbocycles. The van der Waals surface area contributed by atoms with E-state index in [1.54, 1.807) is 12.4 Å². The highest BCUT2D eigenvalue weighted by Gasteiger charge is 2.23. The molecule has 14 heavy (non-hydrogen) atoms. The predicted octanol–water partition coefficient (Wildman–Crippen LogP) is 1.09. The minimum Gasteiger partial charge on any atom is -0.381 e. The normalized spacial score (nSPS) is 18.0. The van der Waals surface area contributed by atoms with Crippen LogP contribution in [0.3, 0.4) is 0 Å². The SMILES string of the molecule is O=C(c1cnccn1)C1CCOCC1. The van der Waals surface area contributed by atoms with Crippen molar-refractivity contribution >= 4 is 5.78 Å². The topological polar surface area (TPSA) is 52.1 Å². The Morgan fingerprint density at radius 1 is 1.36 bits per heavy atom. The van der Waals surface area contributed by atoms with Crippen molar-refractivity contribution < 1.29 is 9.53 Å². The number of ketones is 1. The molecular formula is C10H12N2O2. The molecule has 4 heteroatoms. The fraction of sp³-hybridized carbons (Fsp3) is 0.500. The number of rotatable bonds is 2. The molecule has 0 aromatic carbocycles. The van der Waals surface area contributed by atoms with Crippen LogP contribution in [0.5, 0.6) is 0 Å². The van der Waals surface area contributed by atoms with E-state index >= 15 is 0 Å². The van der Waals surface area contributed by atoms with Gasteiger partial charge in [-0.25, -0.2) is 4.98 Å². The van der Waals surface area contributed by atoms with Gasteiger partial charge in [-0.3, -0.25) is 9.78 Å². The average Bonchev–Trinajstić information content (AvgIpc) is 2.30. The lowest BCUT2D eigenvalue weighted by molar-refractivity contribution is 0.0541. The van der Waals surface area contributed by atoms with Crippen LogP contribution in [0.25, 0.3) is 0 Å². The summed E-state index contributed by atoms with van der Waals surface area (Å²) in [7, 11) is 0. The first-order valence-corrected chi connectivity index (χ1v) is 4.76. The van der Waals surface area contributed by atoms with Crippen molar-refractivity contribution in [3.05, 3.63) is 24.3 Å². The molecule has 4 nitrogen and oxygen atoms in total. The van der Waals surface area contributed by atoms with Crippen LogP contribution in [0.1, 0.15) is 23.3 Å². The summed E-state index contributed by atoms with van der Waals surface area (Å²) < 4.78 is 5.20. The van der Waals surface area contributed by atoms with Crippen molar-refractivity contribution in [3.8, 4) is 0 Å². The summed E-state index contributed by atoms with van der Waals surface area (Å²) in [6, 6.07) is 0. The summed E-state index contributed by atoms with van der Waals surface area (Å²) in [5.41, 5.74) is 0.472. The lowest BCUT2D eigenvalue weighted by Crippen LogP contribution is -2.24. The second-order valence-corrected chi connectivity index (χ2v) is 3.34. The van der Waals surface area contributed by atoms with Crippen molar-refractivity contribution in [2.75, 3.05) is 13.2 Å². The van der Waals surface area contributed by atoms with E-state index < -0.39 is 0 Å². The number of aromatic nitrogens is 2. The molecule has 1 aliphatic heterocycles. The molecule has 0 bridgehead atoms. The summed E-state index contributed by atoms with van der Waals surface area (Å²) in [5.74, 6) is 0.168. The van der Waals surface area contributed by atoms with Crippen LogP contribution < -0.4 is 0 Å². The van der Waals surface area contributed by atoms with Gasteiger partial charge in [-0.1, -0.05) is 0 Å². The quantitative estimate of drug-likeness (QED) is 0.658. The van der Waals surface area contributed by atoms with Crippen LogP contribution in [0.2, 0.25) is 0 Å². The van der Waals surface area contributed by atoms with Crippen molar-refractivity contribution in [3.63, 3.8) is 0 Å². The van der Waals surface area contributed by atoms with Crippen molar-refractivity contribution in [2.45, 2.75) is 12.8 Å². The Hall–Kier alpha value is -1.29. The van der Waals surface area contributed by atoms with Gasteiger partial charge in [-0.2, -0.15) is 0 Å². The van der Waals surface area contributed by atoms with Gasteiger partial charge in [0.15, 0.2) is 5.78 Å². The molecule has 1 aliphatic rings. The summed E-state index contributed by atoms with van der Waals surface area (Å²) in [6.45, 7) is 1.35. The molecule has 0 atom stereocenters. The van der Waals surface area contributed by atoms with Crippen LogP contribution >= 0.6 is 0 Å². The summed E-state index contributed by atoms with van der Waals surface area (Å²) in [5, 5.41) is 0. The summed E-state index contributed by atoms with van der Waals surface area (Å²) in [6.07, 6.45) is 6.25. The Balaban J connectivity index is 2.07. The number of Topliss-reactive ketones (excluding diaryl/α,β-unsaturated/α-hetero) is 1. The van der Waals surface area contributed by atoms with E-state index in [0.717, 1.165) is 12.8 Å². The van der Waals surface area contributed by atoms with Gasteiger partial charge in [0.05, 0.1) is 6.20 Å². The first-order valence-electron chi connectivity index (χ1n) is 4.76. The largest absolute Gasteiger partial charge is 0.381 e. The second-order valence-electron chi connectivity index (χ2n) is 3.34. The number of carbonyl (C=O) groups excluding carboxylic acids is 1. The number of carbonyl (C=O) groups is 1. The van der Waals surface area contributed by atoms with E-state index in [-0.39, 0.29) is 11.7 Å². The average molecular weight is 192 g/mol. The summed E-state index contributed by atoms with van der Waals surface area (Å²) >= 11 is 0. The maximum absolute atomic E-state index is 11.8. The highest BCUT2D eigenvalue weighted by atomic mass is 16.5. The monoisotopic (exact) mass is 192 g/mol. The Labute approximate surface area is 82.3 Å². The fourth-order valence-corrected chi connectivity index (χ4v) is 1.60. The minimum absolute atomic E-state index is 0.0699. The zero-order valence-corrected chi connectivity index (χ0v) is 7.85. The van der Waals surface area contributed by atoms with Crippen LogP contribution in [0.15, 0.2) is 18.6 Å². The van der Waals surface area contributed by atoms with Gasteiger partial charge < -0.3 is 4.74 Å². The highest BCUT2D eigenvalue weighted by molar-refractivity contribution is 5.95. The molecule has 0 spiro atoms. The van der Waals surface area contributed by atoms with E-state index in [9.17, 15) is 4.79 Å². The standard InChI is InChI=1S/C10H12N2O2/c13-10(8-1-5-14-6-2-8)9-7-11-3-4-12-9/h3-4,7-8H,1-2,5-6H2. The molecule has 0 N–H and O–H groups in total. The van der Waals surface area contributed by atoms with Gasteiger partial charge in [-0.15, -0.1) is 0 Å². The zero-order chi connectivity index (χ0) is 9.80. The van der Waals surface area contributed by atoms with Gasteiger partial charge in [0.25, 0.3) is 0 Å². The molecule has 1 saturated heterocycles. The predicted molar refractivity (Wildman–Crippen MR) is 49.9 cm³/mol. The van der Waals surface area contributed by atoms with E-state index in [0.29, 0.717) is 18.9 Å². The third-order valence-electron chi connectivity index (χ3n) is 2.41. The maximum Gasteiger partial charge on any atom is 0.185 e. The molecule has 2 rings (SSSR count). The number of hydrogen-bond donors (Lipinski definition) is 0. The molecule has 1 aromatic rings. The molecule has 74 valence electrons. The Bertz CT molecular complexity index is 307. The molecule has 1 fully saturated rings. The van der Waals surface area contributed by atoms with Crippen LogP contribution in [-0.2, 0) is 4.74 Å². The van der Waals surface area contributed by atoms with Gasteiger partial charge in [0.1, 0.15) is 5.69 Å². The van der Waals surface area contributed by atoms with E-state index in [4.69, 9.17) is 4.74 Å². The summed E-state index contributed by atoms with van der Waals surface area (Å²) in [4.78, 5) is 19.7. The lowest BCUT2D eigenvalue weighted by Gasteiger charge is -2.19. The first-order chi connectivity index (χ1) is 6.88. The van der Waals surface area contributed by atoms with Crippen molar-refractivity contribution in [1.82, 2.24) is 9.97 Å². The van der Waals surface area contributed by atoms with Gasteiger partial charge in [0.2, 0.25) is 0 Å². The van der Waals surface area contributed by atoms with E-state index in [2.05, 4.69) is 9.97 Å². The molecule has 0 radical (unpaired) electrons. The van der Waals surface area contributed by atoms with Gasteiger partial charge in [0, 0.05) is 31.5 Å². The Morgan fingerprint density at radius 2 is 2.14 bits per heavy atom. The molecular weight excluding hydrogens is 180 g/mol. The first kappa shape index (κ1) is 9.27. The number of ether oxygens (including phenoxy) is 1. The molecule has 0 amide bonds. The smallest absolute Gasteiger partial charge is 0.185 e. The fourth-order valence-electron chi connectivity index (χ4n) is 1.60. The second kappa shape index (κ2) is 4.28. The highest BCUT2D eigenvalue weighted by Crippen LogP contribution is 2.18. The molecule has 0 unspecified atom stereocenters. The van der Waals surface area contributed by atoms with E-state index in [1.807, 2.05) is 0 Å². The van der Waals surface area contributed by atoms with Gasteiger partial charge in [-0.05, 0) is 12.8 Å². The van der Waals surface area contributed by atoms with E-state index in [1.165, 1.54) is 6.20 Å². The molecule has 0 aliphatic carbocycles. The Morgan fingerprint density at radius 3 is 2.79 bits per heavy atom. The number of nitrogens with zero attached hydrogens (tertiary/aromatic N) is 2. The van der Waals surface area contributed by atoms with Crippen molar-refractivity contribution in [1.29, 1.82) is 0 Å². The molecule has 1 aromatic heterocycles. The Kier molecular flexibility index (Phi) is 2.84. The third-order valence-corrected chi connectivity index (χ3v) is 2.41. The molecule has 2 heterocycles. The van der Waals surface area contributed by atoms with Crippen molar-refractivity contribution in [2.24, 2.45) is 5.92 Å². The maximum atomic E-state index is 11.8. The third kappa shape index (κ3) is 1.96. The van der Waals surface area contributed by atoms with Gasteiger partial charge >= 0.3 is 0 Å². The van der Waals surface area contributed by atoms with Crippen LogP contribution in [0, 0.1) is 5.92 Å². The van der Waals surface area contributed by atoms with Crippen LogP contribution in [0.4, 0.5) is 0 Å². The minimum atomic E-state index is 0.0699. The number of hydrogen-bond acceptors (Lipinski definition) is 4. The van der Waals surface area contributed by atoms with Crippen LogP contribution in [-0.4, -0.2) is 29.0 Å².